The Kier molecular flexibility index (Phi) is 4.06. The Labute approximate surface area is 94.4 Å². The van der Waals surface area contributed by atoms with Gasteiger partial charge in [-0.15, -0.1) is 0 Å². The first-order valence-corrected chi connectivity index (χ1v) is 5.20. The predicted octanol–water partition coefficient (Wildman–Crippen LogP) is 2.25. The third-order valence-corrected chi connectivity index (χ3v) is 2.37. The molecular weight excluding hydrogens is 210 g/mol. The smallest absolute Gasteiger partial charge is 0.341 e. The van der Waals surface area contributed by atoms with Gasteiger partial charge in [0.25, 0.3) is 0 Å². The Balaban J connectivity index is 3.15. The van der Waals surface area contributed by atoms with E-state index in [0.717, 1.165) is 0 Å². The van der Waals surface area contributed by atoms with Gasteiger partial charge in [0.2, 0.25) is 0 Å². The van der Waals surface area contributed by atoms with Crippen molar-refractivity contribution in [1.82, 2.24) is 5.16 Å². The van der Waals surface area contributed by atoms with E-state index in [0.29, 0.717) is 18.1 Å². The second-order valence-electron chi connectivity index (χ2n) is 4.12. The zero-order valence-corrected chi connectivity index (χ0v) is 9.98. The van der Waals surface area contributed by atoms with E-state index < -0.39 is 5.97 Å². The number of carbonyl (C=O) groups is 1. The molecule has 0 bridgehead atoms. The number of aromatic carboxylic acids is 1. The lowest BCUT2D eigenvalue weighted by atomic mass is 9.99. The molecule has 1 aromatic rings. The summed E-state index contributed by atoms with van der Waals surface area (Å²) in [6.07, 6.45) is 0. The van der Waals surface area contributed by atoms with Gasteiger partial charge in [-0.25, -0.2) is 4.79 Å². The lowest BCUT2D eigenvalue weighted by Gasteiger charge is -2.07. The summed E-state index contributed by atoms with van der Waals surface area (Å²) in [5.74, 6) is -0.664. The molecule has 1 aromatic heterocycles. The van der Waals surface area contributed by atoms with Crippen molar-refractivity contribution in [2.45, 2.75) is 32.6 Å². The van der Waals surface area contributed by atoms with Gasteiger partial charge in [-0.1, -0.05) is 25.9 Å². The van der Waals surface area contributed by atoms with E-state index >= 15 is 0 Å². The molecule has 16 heavy (non-hydrogen) atoms. The molecular formula is C11H17NO4. The molecule has 0 saturated heterocycles. The van der Waals surface area contributed by atoms with Crippen molar-refractivity contribution in [1.29, 1.82) is 0 Å². The molecule has 1 atom stereocenters. The Bertz CT molecular complexity index is 370. The molecule has 0 amide bonds. The Morgan fingerprint density at radius 2 is 2.12 bits per heavy atom. The van der Waals surface area contributed by atoms with Crippen LogP contribution in [0.1, 0.15) is 54.4 Å². The summed E-state index contributed by atoms with van der Waals surface area (Å²) in [5, 5.41) is 13.0. The summed E-state index contributed by atoms with van der Waals surface area (Å²) in [6.45, 7) is 6.03. The quantitative estimate of drug-likeness (QED) is 0.835. The zero-order valence-electron chi connectivity index (χ0n) is 9.98. The monoisotopic (exact) mass is 227 g/mol. The molecule has 5 heteroatoms. The maximum Gasteiger partial charge on any atom is 0.341 e. The normalized spacial score (nSPS) is 13.1. The fourth-order valence-electron chi connectivity index (χ4n) is 1.59. The van der Waals surface area contributed by atoms with E-state index in [4.69, 9.17) is 14.4 Å². The second-order valence-corrected chi connectivity index (χ2v) is 4.12. The van der Waals surface area contributed by atoms with Gasteiger partial charge in [-0.2, -0.15) is 0 Å². The van der Waals surface area contributed by atoms with Crippen LogP contribution in [-0.2, 0) is 4.74 Å². The summed E-state index contributed by atoms with van der Waals surface area (Å²) in [5.41, 5.74) is 0.637. The number of methoxy groups -OCH3 is 1. The van der Waals surface area contributed by atoms with E-state index in [2.05, 4.69) is 5.16 Å². The number of ether oxygens (including phenoxy) is 1. The molecule has 0 aliphatic carbocycles. The summed E-state index contributed by atoms with van der Waals surface area (Å²) in [7, 11) is 1.57. The van der Waals surface area contributed by atoms with Gasteiger partial charge in [0.15, 0.2) is 5.76 Å². The number of carboxylic acids is 1. The van der Waals surface area contributed by atoms with Crippen LogP contribution in [0.4, 0.5) is 0 Å². The van der Waals surface area contributed by atoms with E-state index in [1.807, 2.05) is 20.8 Å². The Morgan fingerprint density at radius 1 is 1.50 bits per heavy atom. The molecule has 0 spiro atoms. The highest BCUT2D eigenvalue weighted by atomic mass is 16.5. The fraction of sp³-hybridized carbons (Fsp3) is 0.636. The lowest BCUT2D eigenvalue weighted by molar-refractivity contribution is 0.0691. The minimum Gasteiger partial charge on any atom is -0.477 e. The molecule has 0 aliphatic heterocycles. The molecule has 1 N–H and O–H groups in total. The molecule has 1 heterocycles. The third kappa shape index (κ3) is 2.41. The third-order valence-electron chi connectivity index (χ3n) is 2.37. The zero-order chi connectivity index (χ0) is 12.3. The molecule has 1 unspecified atom stereocenters. The van der Waals surface area contributed by atoms with Crippen LogP contribution >= 0.6 is 0 Å². The number of hydrogen-bond donors (Lipinski definition) is 1. The molecule has 90 valence electrons. The highest BCUT2D eigenvalue weighted by molar-refractivity contribution is 5.90. The van der Waals surface area contributed by atoms with Crippen LogP contribution in [0.5, 0.6) is 0 Å². The fourth-order valence-corrected chi connectivity index (χ4v) is 1.59. The first kappa shape index (κ1) is 12.7. The van der Waals surface area contributed by atoms with Gasteiger partial charge in [-0.3, -0.25) is 0 Å². The van der Waals surface area contributed by atoms with Gasteiger partial charge in [0.05, 0.1) is 6.61 Å². The minimum atomic E-state index is -0.997. The minimum absolute atomic E-state index is 0.00194. The van der Waals surface area contributed by atoms with Crippen LogP contribution in [0.25, 0.3) is 0 Å². The van der Waals surface area contributed by atoms with Gasteiger partial charge in [-0.05, 0) is 0 Å². The molecule has 0 aromatic carbocycles. The molecule has 0 aliphatic rings. The predicted molar refractivity (Wildman–Crippen MR) is 57.8 cm³/mol. The van der Waals surface area contributed by atoms with Gasteiger partial charge < -0.3 is 14.4 Å². The Hall–Kier alpha value is -1.36. The maximum absolute atomic E-state index is 11.2. The van der Waals surface area contributed by atoms with Crippen molar-refractivity contribution in [3.05, 3.63) is 17.0 Å². The summed E-state index contributed by atoms with van der Waals surface area (Å²) in [4.78, 5) is 11.2. The van der Waals surface area contributed by atoms with E-state index in [-0.39, 0.29) is 17.4 Å². The van der Waals surface area contributed by atoms with Gasteiger partial charge in [0, 0.05) is 18.9 Å². The molecule has 0 radical (unpaired) electrons. The summed E-state index contributed by atoms with van der Waals surface area (Å²) >= 11 is 0. The standard InChI is InChI=1S/C11H17NO4/c1-6(2)10-8(11(13)14)9(12-16-10)7(3)5-15-4/h6-7H,5H2,1-4H3,(H,13,14). The van der Waals surface area contributed by atoms with Crippen LogP contribution < -0.4 is 0 Å². The summed E-state index contributed by atoms with van der Waals surface area (Å²) < 4.78 is 10.1. The molecule has 0 saturated carbocycles. The topological polar surface area (TPSA) is 72.6 Å². The number of nitrogens with zero attached hydrogens (tertiary/aromatic N) is 1. The van der Waals surface area contributed by atoms with Crippen LogP contribution in [0.3, 0.4) is 0 Å². The molecule has 1 rings (SSSR count). The molecule has 5 nitrogen and oxygen atoms in total. The number of hydrogen-bond acceptors (Lipinski definition) is 4. The van der Waals surface area contributed by atoms with Crippen molar-refractivity contribution in [3.63, 3.8) is 0 Å². The van der Waals surface area contributed by atoms with Crippen LogP contribution in [-0.4, -0.2) is 29.9 Å². The number of carboxylic acid groups (broad SMARTS) is 1. The van der Waals surface area contributed by atoms with Crippen molar-refractivity contribution < 1.29 is 19.2 Å². The van der Waals surface area contributed by atoms with Gasteiger partial charge >= 0.3 is 5.97 Å². The molecule has 0 fully saturated rings. The van der Waals surface area contributed by atoms with Crippen molar-refractivity contribution >= 4 is 5.97 Å². The highest BCUT2D eigenvalue weighted by Crippen LogP contribution is 2.27. The number of aromatic nitrogens is 1. The van der Waals surface area contributed by atoms with Crippen molar-refractivity contribution in [2.24, 2.45) is 0 Å². The lowest BCUT2D eigenvalue weighted by Crippen LogP contribution is -2.10. The van der Waals surface area contributed by atoms with Crippen molar-refractivity contribution in [2.75, 3.05) is 13.7 Å². The van der Waals surface area contributed by atoms with Crippen LogP contribution in [0, 0.1) is 0 Å². The SMILES string of the molecule is COCC(C)c1noc(C(C)C)c1C(=O)O. The van der Waals surface area contributed by atoms with Crippen LogP contribution in [0.15, 0.2) is 4.52 Å². The van der Waals surface area contributed by atoms with E-state index in [1.165, 1.54) is 0 Å². The van der Waals surface area contributed by atoms with Gasteiger partial charge in [0.1, 0.15) is 11.3 Å². The average Bonchev–Trinajstić information content (AvgIpc) is 2.61. The van der Waals surface area contributed by atoms with Crippen molar-refractivity contribution in [3.8, 4) is 0 Å². The largest absolute Gasteiger partial charge is 0.477 e. The van der Waals surface area contributed by atoms with Crippen LogP contribution in [0.2, 0.25) is 0 Å². The van der Waals surface area contributed by atoms with E-state index in [1.54, 1.807) is 7.11 Å². The first-order valence-electron chi connectivity index (χ1n) is 5.20. The Morgan fingerprint density at radius 3 is 2.56 bits per heavy atom. The van der Waals surface area contributed by atoms with E-state index in [9.17, 15) is 4.79 Å². The number of rotatable bonds is 5. The second kappa shape index (κ2) is 5.12. The average molecular weight is 227 g/mol. The highest BCUT2D eigenvalue weighted by Gasteiger charge is 2.27. The maximum atomic E-state index is 11.2. The first-order chi connectivity index (χ1) is 7.49. The summed E-state index contributed by atoms with van der Waals surface area (Å²) in [6, 6.07) is 0.